The van der Waals surface area contributed by atoms with Gasteiger partial charge in [0.25, 0.3) is 0 Å². The number of hydrogen-bond acceptors (Lipinski definition) is 7. The maximum Gasteiger partial charge on any atom is 0.410 e. The molecule has 0 fully saturated rings. The summed E-state index contributed by atoms with van der Waals surface area (Å²) in [5, 5.41) is 15.1. The quantitative estimate of drug-likeness (QED) is 0.655. The van der Waals surface area contributed by atoms with Crippen molar-refractivity contribution < 1.29 is 24.2 Å². The molecule has 1 aliphatic rings. The van der Waals surface area contributed by atoms with Gasteiger partial charge in [0, 0.05) is 12.6 Å². The lowest BCUT2D eigenvalue weighted by atomic mass is 9.95. The number of benzene rings is 1. The van der Waals surface area contributed by atoms with Gasteiger partial charge in [-0.15, -0.1) is 5.10 Å². The van der Waals surface area contributed by atoms with E-state index in [0.29, 0.717) is 21.7 Å². The standard InChI is InChI=1S/C20H25BrN4O5/c1-11-12(6-7-13-14(11)10-29-17(13)27)15(26)8-25(19(28)30-20(2,3)4)9-16-22-18(21)23-24(16)5/h6-7,15,26H,8-10H2,1-5H3/t15-/m0/s1. The summed E-state index contributed by atoms with van der Waals surface area (Å²) in [7, 11) is 1.72. The number of halogens is 1. The molecule has 0 radical (unpaired) electrons. The van der Waals surface area contributed by atoms with E-state index in [2.05, 4.69) is 26.0 Å². The number of aryl methyl sites for hydroxylation is 1. The molecule has 9 nitrogen and oxygen atoms in total. The second-order valence-corrected chi connectivity index (χ2v) is 8.89. The second-order valence-electron chi connectivity index (χ2n) is 8.18. The normalized spacial score (nSPS) is 14.3. The number of hydrogen-bond donors (Lipinski definition) is 1. The number of fused-ring (bicyclic) bond motifs is 1. The van der Waals surface area contributed by atoms with Gasteiger partial charge in [-0.2, -0.15) is 0 Å². The number of carbonyl (C=O) groups excluding carboxylic acids is 2. The molecule has 0 aliphatic carbocycles. The molecule has 0 spiro atoms. The number of nitrogens with zero attached hydrogens (tertiary/aromatic N) is 4. The van der Waals surface area contributed by atoms with Crippen LogP contribution in [0.15, 0.2) is 16.9 Å². The number of carbonyl (C=O) groups is 2. The van der Waals surface area contributed by atoms with Gasteiger partial charge in [-0.1, -0.05) is 6.07 Å². The number of esters is 1. The van der Waals surface area contributed by atoms with Crippen LogP contribution in [0.2, 0.25) is 0 Å². The highest BCUT2D eigenvalue weighted by molar-refractivity contribution is 9.10. The van der Waals surface area contributed by atoms with E-state index in [9.17, 15) is 14.7 Å². The average molecular weight is 481 g/mol. The molecule has 2 heterocycles. The first-order chi connectivity index (χ1) is 14.0. The monoisotopic (exact) mass is 480 g/mol. The maximum atomic E-state index is 12.8. The van der Waals surface area contributed by atoms with E-state index in [-0.39, 0.29) is 25.7 Å². The molecule has 162 valence electrons. The lowest BCUT2D eigenvalue weighted by molar-refractivity contribution is 0.0115. The van der Waals surface area contributed by atoms with Gasteiger partial charge < -0.3 is 14.6 Å². The van der Waals surface area contributed by atoms with Gasteiger partial charge in [0.2, 0.25) is 4.73 Å². The average Bonchev–Trinajstić information content (AvgIpc) is 3.15. The first-order valence-electron chi connectivity index (χ1n) is 9.47. The van der Waals surface area contributed by atoms with E-state index >= 15 is 0 Å². The largest absolute Gasteiger partial charge is 0.457 e. The highest BCUT2D eigenvalue weighted by Crippen LogP contribution is 2.30. The Labute approximate surface area is 183 Å². The van der Waals surface area contributed by atoms with E-state index < -0.39 is 17.8 Å². The number of amides is 1. The van der Waals surface area contributed by atoms with Crippen LogP contribution in [-0.2, 0) is 29.7 Å². The van der Waals surface area contributed by atoms with Crippen LogP contribution in [0.4, 0.5) is 4.79 Å². The summed E-state index contributed by atoms with van der Waals surface area (Å²) in [5.74, 6) is 0.169. The van der Waals surface area contributed by atoms with Crippen molar-refractivity contribution in [1.82, 2.24) is 19.7 Å². The van der Waals surface area contributed by atoms with Crippen molar-refractivity contribution in [2.24, 2.45) is 7.05 Å². The zero-order valence-electron chi connectivity index (χ0n) is 17.6. The van der Waals surface area contributed by atoms with Gasteiger partial charge in [0.1, 0.15) is 18.0 Å². The summed E-state index contributed by atoms with van der Waals surface area (Å²) in [5.41, 5.74) is 1.98. The highest BCUT2D eigenvalue weighted by atomic mass is 79.9. The topological polar surface area (TPSA) is 107 Å². The predicted molar refractivity (Wildman–Crippen MR) is 111 cm³/mol. The summed E-state index contributed by atoms with van der Waals surface area (Å²) < 4.78 is 12.6. The first-order valence-corrected chi connectivity index (χ1v) is 10.3. The Bertz CT molecular complexity index is 982. The maximum absolute atomic E-state index is 12.8. The van der Waals surface area contributed by atoms with Gasteiger partial charge >= 0.3 is 12.1 Å². The molecule has 0 saturated carbocycles. The Kier molecular flexibility index (Phi) is 6.19. The third kappa shape index (κ3) is 4.81. The molecule has 10 heteroatoms. The molecular formula is C20H25BrN4O5. The van der Waals surface area contributed by atoms with E-state index in [0.717, 1.165) is 11.1 Å². The van der Waals surface area contributed by atoms with Crippen molar-refractivity contribution in [3.05, 3.63) is 44.9 Å². The fraction of sp³-hybridized carbons (Fsp3) is 0.500. The van der Waals surface area contributed by atoms with Crippen LogP contribution < -0.4 is 0 Å². The Morgan fingerprint density at radius 1 is 1.43 bits per heavy atom. The summed E-state index contributed by atoms with van der Waals surface area (Å²) >= 11 is 3.22. The van der Waals surface area contributed by atoms with Gasteiger partial charge in [-0.3, -0.25) is 9.58 Å². The lowest BCUT2D eigenvalue weighted by Gasteiger charge is -2.29. The SMILES string of the molecule is Cc1c([C@@H](O)CN(Cc2nc(Br)nn2C)C(=O)OC(C)(C)C)ccc2c1COC2=O. The molecule has 1 atom stereocenters. The van der Waals surface area contributed by atoms with Crippen LogP contribution in [-0.4, -0.2) is 49.0 Å². The van der Waals surface area contributed by atoms with Gasteiger partial charge in [-0.25, -0.2) is 14.6 Å². The summed E-state index contributed by atoms with van der Waals surface area (Å²) in [6.07, 6.45) is -1.56. The van der Waals surface area contributed by atoms with Crippen LogP contribution >= 0.6 is 15.9 Å². The van der Waals surface area contributed by atoms with Gasteiger partial charge in [-0.05, 0) is 60.8 Å². The Balaban J connectivity index is 1.86. The highest BCUT2D eigenvalue weighted by Gasteiger charge is 2.29. The van der Waals surface area contributed by atoms with Crippen LogP contribution in [0.5, 0.6) is 0 Å². The fourth-order valence-corrected chi connectivity index (χ4v) is 3.70. The molecule has 0 saturated heterocycles. The minimum atomic E-state index is -0.991. The number of rotatable bonds is 5. The van der Waals surface area contributed by atoms with Crippen molar-refractivity contribution in [2.45, 2.75) is 52.6 Å². The van der Waals surface area contributed by atoms with Gasteiger partial charge in [0.05, 0.1) is 24.8 Å². The van der Waals surface area contributed by atoms with E-state index in [1.165, 1.54) is 4.90 Å². The number of cyclic esters (lactones) is 1. The van der Waals surface area contributed by atoms with E-state index in [4.69, 9.17) is 9.47 Å². The zero-order chi connectivity index (χ0) is 22.2. The summed E-state index contributed by atoms with van der Waals surface area (Å²) in [6.45, 7) is 7.43. The van der Waals surface area contributed by atoms with E-state index in [1.807, 2.05) is 6.92 Å². The molecule has 1 aromatic carbocycles. The minimum absolute atomic E-state index is 0.0200. The van der Waals surface area contributed by atoms with Crippen LogP contribution in [0, 0.1) is 6.92 Å². The van der Waals surface area contributed by atoms with Crippen LogP contribution in [0.25, 0.3) is 0 Å². The zero-order valence-corrected chi connectivity index (χ0v) is 19.2. The molecule has 2 aromatic rings. The molecule has 30 heavy (non-hydrogen) atoms. The Morgan fingerprint density at radius 3 is 2.73 bits per heavy atom. The van der Waals surface area contributed by atoms with Crippen molar-refractivity contribution in [3.63, 3.8) is 0 Å². The molecule has 0 unspecified atom stereocenters. The van der Waals surface area contributed by atoms with Gasteiger partial charge in [0.15, 0.2) is 0 Å². The number of aliphatic hydroxyl groups excluding tert-OH is 1. The number of aromatic nitrogens is 3. The van der Waals surface area contributed by atoms with Crippen molar-refractivity contribution in [2.75, 3.05) is 6.54 Å². The lowest BCUT2D eigenvalue weighted by Crippen LogP contribution is -2.39. The van der Waals surface area contributed by atoms with Crippen LogP contribution in [0.3, 0.4) is 0 Å². The minimum Gasteiger partial charge on any atom is -0.457 e. The fourth-order valence-electron chi connectivity index (χ4n) is 3.26. The molecule has 1 aliphatic heterocycles. The smallest absolute Gasteiger partial charge is 0.410 e. The Morgan fingerprint density at radius 2 is 2.13 bits per heavy atom. The Hall–Kier alpha value is -2.46. The molecule has 0 bridgehead atoms. The molecule has 1 N–H and O–H groups in total. The summed E-state index contributed by atoms with van der Waals surface area (Å²) in [6, 6.07) is 3.34. The third-order valence-corrected chi connectivity index (χ3v) is 5.11. The number of aliphatic hydroxyl groups is 1. The van der Waals surface area contributed by atoms with E-state index in [1.54, 1.807) is 44.6 Å². The first kappa shape index (κ1) is 22.2. The molecule has 3 rings (SSSR count). The van der Waals surface area contributed by atoms with Crippen molar-refractivity contribution >= 4 is 28.0 Å². The molecular weight excluding hydrogens is 456 g/mol. The third-order valence-electron chi connectivity index (χ3n) is 4.77. The summed E-state index contributed by atoms with van der Waals surface area (Å²) in [4.78, 5) is 30.2. The van der Waals surface area contributed by atoms with Crippen LogP contribution in [0.1, 0.15) is 59.7 Å². The molecule has 1 aromatic heterocycles. The van der Waals surface area contributed by atoms with Crippen molar-refractivity contribution in [1.29, 1.82) is 0 Å². The van der Waals surface area contributed by atoms with Crippen molar-refractivity contribution in [3.8, 4) is 0 Å². The number of ether oxygens (including phenoxy) is 2. The molecule has 1 amide bonds. The second kappa shape index (κ2) is 8.35. The predicted octanol–water partition coefficient (Wildman–Crippen LogP) is 3.03.